The topological polar surface area (TPSA) is 23.8 Å². The standard InChI is InChI=1S/C9H7N.C8H6Br2/c10-8-4-7-9-5-2-1-3-6-9;9-8(10)6-7-4-2-1-3-5-7/h1-7H;1-6H. The number of halogens is 2. The molecule has 0 aliphatic carbocycles. The Morgan fingerprint density at radius 2 is 1.35 bits per heavy atom. The number of benzene rings is 2. The van der Waals surface area contributed by atoms with E-state index in [1.807, 2.05) is 72.8 Å². The maximum Gasteiger partial charge on any atom is 0.0912 e. The van der Waals surface area contributed by atoms with E-state index < -0.39 is 0 Å². The molecule has 20 heavy (non-hydrogen) atoms. The number of allylic oxidation sites excluding steroid dienone is 1. The van der Waals surface area contributed by atoms with Crippen LogP contribution in [0.1, 0.15) is 11.1 Å². The van der Waals surface area contributed by atoms with Gasteiger partial charge in [-0.2, -0.15) is 5.26 Å². The Morgan fingerprint density at radius 1 is 0.850 bits per heavy atom. The lowest BCUT2D eigenvalue weighted by Crippen LogP contribution is -1.66. The molecule has 0 heterocycles. The molecule has 3 heteroatoms. The van der Waals surface area contributed by atoms with Crippen LogP contribution in [0.15, 0.2) is 70.1 Å². The summed E-state index contributed by atoms with van der Waals surface area (Å²) >= 11 is 6.58. The predicted molar refractivity (Wildman–Crippen MR) is 93.4 cm³/mol. The first-order valence-corrected chi connectivity index (χ1v) is 7.50. The highest BCUT2D eigenvalue weighted by molar-refractivity contribution is 9.28. The van der Waals surface area contributed by atoms with E-state index in [9.17, 15) is 0 Å². The molecule has 0 spiro atoms. The summed E-state index contributed by atoms with van der Waals surface area (Å²) in [6.07, 6.45) is 5.25. The SMILES string of the molecule is BrC(Br)=Cc1ccccc1.N#CC=Cc1ccccc1. The molecule has 0 N–H and O–H groups in total. The second-order valence-corrected chi connectivity index (χ2v) is 6.49. The van der Waals surface area contributed by atoms with Gasteiger partial charge in [0.15, 0.2) is 0 Å². The molecule has 0 saturated heterocycles. The van der Waals surface area contributed by atoms with E-state index in [-0.39, 0.29) is 0 Å². The molecule has 0 saturated carbocycles. The van der Waals surface area contributed by atoms with Crippen molar-refractivity contribution < 1.29 is 0 Å². The fourth-order valence-corrected chi connectivity index (χ4v) is 1.90. The molecule has 0 atom stereocenters. The van der Waals surface area contributed by atoms with E-state index in [0.29, 0.717) is 0 Å². The molecule has 2 aromatic carbocycles. The van der Waals surface area contributed by atoms with Crippen LogP contribution in [0.3, 0.4) is 0 Å². The van der Waals surface area contributed by atoms with Gasteiger partial charge >= 0.3 is 0 Å². The summed E-state index contributed by atoms with van der Waals surface area (Å²) in [5, 5.41) is 8.19. The molecule has 0 radical (unpaired) electrons. The fourth-order valence-electron chi connectivity index (χ4n) is 1.37. The summed E-state index contributed by atoms with van der Waals surface area (Å²) in [7, 11) is 0. The summed E-state index contributed by atoms with van der Waals surface area (Å²) in [6.45, 7) is 0. The Kier molecular flexibility index (Phi) is 8.37. The van der Waals surface area contributed by atoms with Crippen LogP contribution >= 0.6 is 31.9 Å². The first-order chi connectivity index (χ1) is 9.72. The van der Waals surface area contributed by atoms with Gasteiger partial charge in [0.25, 0.3) is 0 Å². The van der Waals surface area contributed by atoms with Crippen molar-refractivity contribution in [2.24, 2.45) is 0 Å². The molecule has 2 aromatic rings. The van der Waals surface area contributed by atoms with Crippen LogP contribution in [-0.2, 0) is 0 Å². The van der Waals surface area contributed by atoms with Gasteiger partial charge in [-0.05, 0) is 55.1 Å². The largest absolute Gasteiger partial charge is 0.193 e. The van der Waals surface area contributed by atoms with Crippen molar-refractivity contribution in [3.8, 4) is 6.07 Å². The van der Waals surface area contributed by atoms with Gasteiger partial charge in [-0.3, -0.25) is 0 Å². The van der Waals surface area contributed by atoms with Gasteiger partial charge in [-0.1, -0.05) is 60.7 Å². The second-order valence-electron chi connectivity index (χ2n) is 3.72. The molecular formula is C17H13Br2N. The third-order valence-corrected chi connectivity index (χ3v) is 2.68. The van der Waals surface area contributed by atoms with Gasteiger partial charge in [0.1, 0.15) is 0 Å². The van der Waals surface area contributed by atoms with Crippen molar-refractivity contribution in [3.05, 3.63) is 81.3 Å². The summed E-state index contributed by atoms with van der Waals surface area (Å²) in [6, 6.07) is 21.8. The van der Waals surface area contributed by atoms with Gasteiger partial charge in [-0.15, -0.1) is 0 Å². The van der Waals surface area contributed by atoms with Crippen molar-refractivity contribution in [2.45, 2.75) is 0 Å². The Labute approximate surface area is 136 Å². The van der Waals surface area contributed by atoms with E-state index in [0.717, 1.165) is 8.96 Å². The lowest BCUT2D eigenvalue weighted by molar-refractivity contribution is 1.54. The van der Waals surface area contributed by atoms with E-state index >= 15 is 0 Å². The molecule has 2 rings (SSSR count). The molecule has 0 fully saturated rings. The van der Waals surface area contributed by atoms with Crippen LogP contribution in [0.4, 0.5) is 0 Å². The second kappa shape index (κ2) is 10.2. The van der Waals surface area contributed by atoms with Gasteiger partial charge in [0, 0.05) is 6.08 Å². The lowest BCUT2D eigenvalue weighted by Gasteiger charge is -1.89. The van der Waals surface area contributed by atoms with Crippen molar-refractivity contribution in [2.75, 3.05) is 0 Å². The maximum atomic E-state index is 8.19. The number of hydrogen-bond acceptors (Lipinski definition) is 1. The first kappa shape index (κ1) is 16.4. The summed E-state index contributed by atoms with van der Waals surface area (Å²) in [4.78, 5) is 0. The minimum Gasteiger partial charge on any atom is -0.193 e. The van der Waals surface area contributed by atoms with Crippen LogP contribution in [0.2, 0.25) is 0 Å². The third-order valence-electron chi connectivity index (χ3n) is 2.23. The average molecular weight is 391 g/mol. The van der Waals surface area contributed by atoms with Gasteiger partial charge in [0.2, 0.25) is 0 Å². The molecule has 0 amide bonds. The van der Waals surface area contributed by atoms with E-state index in [4.69, 9.17) is 5.26 Å². The smallest absolute Gasteiger partial charge is 0.0912 e. The number of nitriles is 1. The van der Waals surface area contributed by atoms with Crippen LogP contribution < -0.4 is 0 Å². The number of nitrogens with zero attached hydrogens (tertiary/aromatic N) is 1. The lowest BCUT2D eigenvalue weighted by atomic mass is 10.2. The third kappa shape index (κ3) is 7.73. The van der Waals surface area contributed by atoms with Crippen LogP contribution in [-0.4, -0.2) is 0 Å². The van der Waals surface area contributed by atoms with E-state index in [1.165, 1.54) is 11.6 Å². The molecule has 0 unspecified atom stereocenters. The zero-order valence-corrected chi connectivity index (χ0v) is 13.9. The molecular weight excluding hydrogens is 378 g/mol. The zero-order valence-electron chi connectivity index (χ0n) is 10.7. The molecule has 1 nitrogen and oxygen atoms in total. The molecule has 0 aliphatic rings. The van der Waals surface area contributed by atoms with E-state index in [1.54, 1.807) is 6.08 Å². The number of rotatable bonds is 2. The van der Waals surface area contributed by atoms with Gasteiger partial charge in [0.05, 0.1) is 9.46 Å². The Hall–Kier alpha value is -1.63. The fraction of sp³-hybridized carbons (Fsp3) is 0. The van der Waals surface area contributed by atoms with Crippen LogP contribution in [0.25, 0.3) is 12.2 Å². The highest BCUT2D eigenvalue weighted by atomic mass is 79.9. The highest BCUT2D eigenvalue weighted by Crippen LogP contribution is 2.17. The van der Waals surface area contributed by atoms with Crippen molar-refractivity contribution in [1.29, 1.82) is 5.26 Å². The summed E-state index contributed by atoms with van der Waals surface area (Å²) in [5.74, 6) is 0. The monoisotopic (exact) mass is 389 g/mol. The van der Waals surface area contributed by atoms with Crippen LogP contribution in [0.5, 0.6) is 0 Å². The molecule has 0 aromatic heterocycles. The minimum atomic E-state index is 0.964. The van der Waals surface area contributed by atoms with Gasteiger partial charge in [-0.25, -0.2) is 0 Å². The normalized spacial score (nSPS) is 9.25. The molecule has 100 valence electrons. The quantitative estimate of drug-likeness (QED) is 0.577. The summed E-state index contributed by atoms with van der Waals surface area (Å²) < 4.78 is 0.964. The predicted octanol–water partition coefficient (Wildman–Crippen LogP) is 6.00. The highest BCUT2D eigenvalue weighted by Gasteiger charge is 1.84. The Balaban J connectivity index is 0.000000200. The molecule has 0 aliphatic heterocycles. The maximum absolute atomic E-state index is 8.19. The first-order valence-electron chi connectivity index (χ1n) is 5.91. The zero-order chi connectivity index (χ0) is 14.6. The van der Waals surface area contributed by atoms with Crippen molar-refractivity contribution >= 4 is 44.0 Å². The summed E-state index contributed by atoms with van der Waals surface area (Å²) in [5.41, 5.74) is 2.25. The molecule has 0 bridgehead atoms. The van der Waals surface area contributed by atoms with Crippen molar-refractivity contribution in [1.82, 2.24) is 0 Å². The Morgan fingerprint density at radius 3 is 1.80 bits per heavy atom. The van der Waals surface area contributed by atoms with Gasteiger partial charge < -0.3 is 0 Å². The minimum absolute atomic E-state index is 0.964. The number of hydrogen-bond donors (Lipinski definition) is 0. The van der Waals surface area contributed by atoms with Crippen LogP contribution in [0, 0.1) is 11.3 Å². The average Bonchev–Trinajstić information content (AvgIpc) is 2.47. The Bertz CT molecular complexity index is 592. The van der Waals surface area contributed by atoms with Crippen molar-refractivity contribution in [3.63, 3.8) is 0 Å². The van der Waals surface area contributed by atoms with E-state index in [2.05, 4.69) is 31.9 Å².